The van der Waals surface area contributed by atoms with Gasteiger partial charge < -0.3 is 19.7 Å². The number of methoxy groups -OCH3 is 2. The van der Waals surface area contributed by atoms with Crippen molar-refractivity contribution in [3.05, 3.63) is 53.5 Å². The van der Waals surface area contributed by atoms with E-state index in [1.54, 1.807) is 14.2 Å². The number of rotatable bonds is 5. The first kappa shape index (κ1) is 19.4. The molecule has 150 valence electrons. The number of benzene rings is 2. The maximum Gasteiger partial charge on any atom is 0.282 e. The highest BCUT2D eigenvalue weighted by atomic mass is 32.1. The SMILES string of the molecule is COc1ccc(-c2nc(C(=O)N3CCNCC3)sc2-c2ccc(OC)cc2)cc1. The summed E-state index contributed by atoms with van der Waals surface area (Å²) < 4.78 is 10.5. The van der Waals surface area contributed by atoms with E-state index in [4.69, 9.17) is 14.5 Å². The summed E-state index contributed by atoms with van der Waals surface area (Å²) in [6.45, 7) is 3.03. The van der Waals surface area contributed by atoms with Crippen LogP contribution in [0.3, 0.4) is 0 Å². The van der Waals surface area contributed by atoms with Crippen molar-refractivity contribution in [1.29, 1.82) is 0 Å². The van der Waals surface area contributed by atoms with Crippen LogP contribution < -0.4 is 14.8 Å². The molecule has 4 rings (SSSR count). The number of carbonyl (C=O) groups is 1. The summed E-state index contributed by atoms with van der Waals surface area (Å²) in [5.74, 6) is 1.57. The minimum absolute atomic E-state index is 0.00831. The third kappa shape index (κ3) is 4.11. The molecule has 7 heteroatoms. The van der Waals surface area contributed by atoms with E-state index in [1.165, 1.54) is 11.3 Å². The van der Waals surface area contributed by atoms with Crippen LogP contribution in [0.1, 0.15) is 9.80 Å². The molecule has 1 saturated heterocycles. The Kier molecular flexibility index (Phi) is 5.78. The second kappa shape index (κ2) is 8.63. The zero-order valence-electron chi connectivity index (χ0n) is 16.5. The highest BCUT2D eigenvalue weighted by Crippen LogP contribution is 2.38. The van der Waals surface area contributed by atoms with Crippen molar-refractivity contribution in [2.24, 2.45) is 0 Å². The molecule has 0 unspecified atom stereocenters. The van der Waals surface area contributed by atoms with Crippen molar-refractivity contribution < 1.29 is 14.3 Å². The van der Waals surface area contributed by atoms with Crippen LogP contribution in [-0.2, 0) is 0 Å². The van der Waals surface area contributed by atoms with Gasteiger partial charge in [-0.15, -0.1) is 11.3 Å². The third-order valence-corrected chi connectivity index (χ3v) is 6.02. The predicted octanol–water partition coefficient (Wildman–Crippen LogP) is 3.54. The Morgan fingerprint density at radius 2 is 1.48 bits per heavy atom. The van der Waals surface area contributed by atoms with Crippen molar-refractivity contribution in [1.82, 2.24) is 15.2 Å². The number of nitrogens with one attached hydrogen (secondary N) is 1. The van der Waals surface area contributed by atoms with E-state index in [9.17, 15) is 4.79 Å². The zero-order chi connectivity index (χ0) is 20.2. The Labute approximate surface area is 174 Å². The standard InChI is InChI=1S/C22H23N3O3S/c1-27-17-7-3-15(4-8-17)19-20(16-5-9-18(28-2)10-6-16)29-21(24-19)22(26)25-13-11-23-12-14-25/h3-10,23H,11-14H2,1-2H3. The van der Waals surface area contributed by atoms with E-state index in [2.05, 4.69) is 5.32 Å². The van der Waals surface area contributed by atoms with Gasteiger partial charge in [-0.25, -0.2) is 4.98 Å². The van der Waals surface area contributed by atoms with Gasteiger partial charge in [0.2, 0.25) is 0 Å². The normalized spacial score (nSPS) is 13.9. The Morgan fingerprint density at radius 3 is 2.03 bits per heavy atom. The van der Waals surface area contributed by atoms with Gasteiger partial charge >= 0.3 is 0 Å². The molecule has 2 heterocycles. The summed E-state index contributed by atoms with van der Waals surface area (Å²) in [6, 6.07) is 15.6. The minimum atomic E-state index is -0.00831. The van der Waals surface area contributed by atoms with Gasteiger partial charge in [-0.05, 0) is 54.1 Å². The molecule has 1 aliphatic rings. The lowest BCUT2D eigenvalue weighted by molar-refractivity contribution is 0.0735. The fraction of sp³-hybridized carbons (Fsp3) is 0.273. The monoisotopic (exact) mass is 409 g/mol. The largest absolute Gasteiger partial charge is 0.497 e. The average Bonchev–Trinajstić information content (AvgIpc) is 3.24. The van der Waals surface area contributed by atoms with Crippen molar-refractivity contribution >= 4 is 17.2 Å². The first-order chi connectivity index (χ1) is 14.2. The van der Waals surface area contributed by atoms with Gasteiger partial charge in [0.05, 0.1) is 24.8 Å². The molecule has 0 spiro atoms. The minimum Gasteiger partial charge on any atom is -0.497 e. The molecule has 0 atom stereocenters. The number of hydrogen-bond donors (Lipinski definition) is 1. The van der Waals surface area contributed by atoms with E-state index in [-0.39, 0.29) is 5.91 Å². The summed E-state index contributed by atoms with van der Waals surface area (Å²) in [7, 11) is 3.29. The summed E-state index contributed by atoms with van der Waals surface area (Å²) in [4.78, 5) is 20.6. The van der Waals surface area contributed by atoms with Gasteiger partial charge in [-0.2, -0.15) is 0 Å². The summed E-state index contributed by atoms with van der Waals surface area (Å²) >= 11 is 1.44. The fourth-order valence-corrected chi connectivity index (χ4v) is 4.36. The van der Waals surface area contributed by atoms with Crippen LogP contribution in [0.4, 0.5) is 0 Å². The molecule has 0 bridgehead atoms. The maximum atomic E-state index is 13.0. The van der Waals surface area contributed by atoms with Crippen molar-refractivity contribution in [2.75, 3.05) is 40.4 Å². The van der Waals surface area contributed by atoms with E-state index >= 15 is 0 Å². The number of aromatic nitrogens is 1. The van der Waals surface area contributed by atoms with Gasteiger partial charge in [-0.1, -0.05) is 0 Å². The van der Waals surface area contributed by atoms with Crippen molar-refractivity contribution in [2.45, 2.75) is 0 Å². The molecule has 2 aromatic carbocycles. The quantitative estimate of drug-likeness (QED) is 0.698. The molecule has 29 heavy (non-hydrogen) atoms. The van der Waals surface area contributed by atoms with E-state index in [1.807, 2.05) is 53.4 Å². The summed E-state index contributed by atoms with van der Waals surface area (Å²) in [5, 5.41) is 3.79. The van der Waals surface area contributed by atoms with Gasteiger partial charge in [-0.3, -0.25) is 4.79 Å². The summed E-state index contributed by atoms with van der Waals surface area (Å²) in [6.07, 6.45) is 0. The second-order valence-electron chi connectivity index (χ2n) is 6.70. The lowest BCUT2D eigenvalue weighted by atomic mass is 10.1. The molecule has 1 amide bonds. The number of piperazine rings is 1. The Morgan fingerprint density at radius 1 is 0.931 bits per heavy atom. The Balaban J connectivity index is 1.75. The van der Waals surface area contributed by atoms with Gasteiger partial charge in [0, 0.05) is 31.7 Å². The van der Waals surface area contributed by atoms with Gasteiger partial charge in [0.1, 0.15) is 11.5 Å². The first-order valence-electron chi connectivity index (χ1n) is 9.49. The molecule has 1 N–H and O–H groups in total. The highest BCUT2D eigenvalue weighted by Gasteiger charge is 2.24. The van der Waals surface area contributed by atoms with Crippen LogP contribution in [0.5, 0.6) is 11.5 Å². The Hall–Kier alpha value is -2.90. The zero-order valence-corrected chi connectivity index (χ0v) is 17.3. The molecule has 0 radical (unpaired) electrons. The molecule has 3 aromatic rings. The van der Waals surface area contributed by atoms with Crippen LogP contribution in [-0.4, -0.2) is 56.2 Å². The van der Waals surface area contributed by atoms with E-state index in [0.29, 0.717) is 18.1 Å². The second-order valence-corrected chi connectivity index (χ2v) is 7.70. The van der Waals surface area contributed by atoms with E-state index < -0.39 is 0 Å². The van der Waals surface area contributed by atoms with Crippen LogP contribution in [0.25, 0.3) is 21.7 Å². The van der Waals surface area contributed by atoms with Crippen LogP contribution in [0.2, 0.25) is 0 Å². The molecule has 0 saturated carbocycles. The smallest absolute Gasteiger partial charge is 0.282 e. The molecule has 0 aliphatic carbocycles. The van der Waals surface area contributed by atoms with Gasteiger partial charge in [0.25, 0.3) is 5.91 Å². The summed E-state index contributed by atoms with van der Waals surface area (Å²) in [5.41, 5.74) is 2.77. The topological polar surface area (TPSA) is 63.7 Å². The van der Waals surface area contributed by atoms with Crippen LogP contribution in [0.15, 0.2) is 48.5 Å². The number of thiazole rings is 1. The fourth-order valence-electron chi connectivity index (χ4n) is 3.30. The Bertz CT molecular complexity index is 913. The molecule has 6 nitrogen and oxygen atoms in total. The predicted molar refractivity (Wildman–Crippen MR) is 115 cm³/mol. The van der Waals surface area contributed by atoms with Gasteiger partial charge in [0.15, 0.2) is 5.01 Å². The van der Waals surface area contributed by atoms with Crippen LogP contribution >= 0.6 is 11.3 Å². The lowest BCUT2D eigenvalue weighted by Gasteiger charge is -2.26. The molecule has 1 aromatic heterocycles. The van der Waals surface area contributed by atoms with Crippen LogP contribution in [0, 0.1) is 0 Å². The first-order valence-corrected chi connectivity index (χ1v) is 10.3. The van der Waals surface area contributed by atoms with Crippen molar-refractivity contribution in [3.63, 3.8) is 0 Å². The number of carbonyl (C=O) groups excluding carboxylic acids is 1. The molecular weight excluding hydrogens is 386 g/mol. The molecule has 1 fully saturated rings. The average molecular weight is 410 g/mol. The lowest BCUT2D eigenvalue weighted by Crippen LogP contribution is -2.46. The van der Waals surface area contributed by atoms with E-state index in [0.717, 1.165) is 46.3 Å². The van der Waals surface area contributed by atoms with Crippen molar-refractivity contribution in [3.8, 4) is 33.2 Å². The molecular formula is C22H23N3O3S. The number of nitrogens with zero attached hydrogens (tertiary/aromatic N) is 2. The maximum absolute atomic E-state index is 13.0. The number of hydrogen-bond acceptors (Lipinski definition) is 6. The number of ether oxygens (including phenoxy) is 2. The highest BCUT2D eigenvalue weighted by molar-refractivity contribution is 7.17. The third-order valence-electron chi connectivity index (χ3n) is 4.93. The number of amides is 1. The molecule has 1 aliphatic heterocycles.